The summed E-state index contributed by atoms with van der Waals surface area (Å²) in [6.45, 7) is 3.57. The molecular weight excluding hydrogens is 346 g/mol. The smallest absolute Gasteiger partial charge is 0.289 e. The van der Waals surface area contributed by atoms with E-state index in [1.807, 2.05) is 0 Å². The molecule has 1 N–H and O–H groups in total. The fourth-order valence-electron chi connectivity index (χ4n) is 2.37. The van der Waals surface area contributed by atoms with Crippen LogP contribution in [0.2, 0.25) is 0 Å². The molecule has 0 aliphatic carbocycles. The standard InChI is InChI=1S/C19H18F2O3S/c1-11-8-13(9-12(2)18(11)23)4-6-15(22)14-5-7-17(25-19(20)21)16(10-14)24-3/h4-10,19,23H,1-3H3. The van der Waals surface area contributed by atoms with E-state index in [2.05, 4.69) is 0 Å². The second kappa shape index (κ2) is 8.16. The van der Waals surface area contributed by atoms with Crippen LogP contribution in [0.4, 0.5) is 8.78 Å². The predicted molar refractivity (Wildman–Crippen MR) is 95.8 cm³/mol. The van der Waals surface area contributed by atoms with Gasteiger partial charge in [-0.2, -0.15) is 8.78 Å². The molecule has 2 aromatic carbocycles. The Hall–Kier alpha value is -2.34. The van der Waals surface area contributed by atoms with Gasteiger partial charge in [-0.05, 0) is 66.9 Å². The fourth-order valence-corrected chi connectivity index (χ4v) is 2.96. The lowest BCUT2D eigenvalue weighted by molar-refractivity contribution is 0.104. The van der Waals surface area contributed by atoms with Crippen molar-refractivity contribution in [2.75, 3.05) is 7.11 Å². The van der Waals surface area contributed by atoms with Crippen LogP contribution in [0.15, 0.2) is 41.3 Å². The second-order valence-corrected chi connectivity index (χ2v) is 6.48. The van der Waals surface area contributed by atoms with E-state index in [0.29, 0.717) is 17.3 Å². The number of ether oxygens (including phenoxy) is 1. The average molecular weight is 364 g/mol. The van der Waals surface area contributed by atoms with Gasteiger partial charge in [-0.25, -0.2) is 0 Å². The Morgan fingerprint density at radius 3 is 2.40 bits per heavy atom. The minimum absolute atomic E-state index is 0.236. The zero-order valence-electron chi connectivity index (χ0n) is 14.0. The fraction of sp³-hybridized carbons (Fsp3) is 0.211. The molecule has 0 heterocycles. The topological polar surface area (TPSA) is 46.5 Å². The van der Waals surface area contributed by atoms with Crippen LogP contribution in [0.1, 0.15) is 27.0 Å². The number of carbonyl (C=O) groups excluding carboxylic acids is 1. The number of halogens is 2. The van der Waals surface area contributed by atoms with Gasteiger partial charge in [0.2, 0.25) is 0 Å². The summed E-state index contributed by atoms with van der Waals surface area (Å²) in [6.07, 6.45) is 3.05. The van der Waals surface area contributed by atoms with Gasteiger partial charge in [-0.15, -0.1) is 0 Å². The Kier molecular flexibility index (Phi) is 6.20. The van der Waals surface area contributed by atoms with Gasteiger partial charge in [-0.3, -0.25) is 4.79 Å². The van der Waals surface area contributed by atoms with Gasteiger partial charge < -0.3 is 9.84 Å². The zero-order chi connectivity index (χ0) is 18.6. The molecule has 0 unspecified atom stereocenters. The third-order valence-electron chi connectivity index (χ3n) is 3.60. The number of phenolic OH excluding ortho intramolecular Hbond substituents is 1. The number of phenols is 1. The van der Waals surface area contributed by atoms with Crippen LogP contribution >= 0.6 is 11.8 Å². The number of hydrogen-bond donors (Lipinski definition) is 1. The summed E-state index contributed by atoms with van der Waals surface area (Å²) in [4.78, 5) is 12.6. The van der Waals surface area contributed by atoms with Crippen molar-refractivity contribution in [3.63, 3.8) is 0 Å². The normalized spacial score (nSPS) is 11.3. The van der Waals surface area contributed by atoms with Crippen molar-refractivity contribution in [3.8, 4) is 11.5 Å². The molecule has 0 aliphatic heterocycles. The van der Waals surface area contributed by atoms with E-state index in [9.17, 15) is 18.7 Å². The van der Waals surface area contributed by atoms with Gasteiger partial charge in [0, 0.05) is 5.56 Å². The first-order chi connectivity index (χ1) is 11.8. The van der Waals surface area contributed by atoms with Crippen LogP contribution in [0, 0.1) is 13.8 Å². The molecule has 0 saturated carbocycles. The first-order valence-corrected chi connectivity index (χ1v) is 8.35. The predicted octanol–water partition coefficient (Wildman–Crippen LogP) is 5.23. The highest BCUT2D eigenvalue weighted by Gasteiger charge is 2.13. The highest BCUT2D eigenvalue weighted by atomic mass is 32.2. The number of ketones is 1. The van der Waals surface area contributed by atoms with Crippen molar-refractivity contribution < 1.29 is 23.4 Å². The van der Waals surface area contributed by atoms with Crippen LogP contribution in [0.25, 0.3) is 6.08 Å². The largest absolute Gasteiger partial charge is 0.507 e. The summed E-state index contributed by atoms with van der Waals surface area (Å²) in [6, 6.07) is 7.94. The molecule has 0 fully saturated rings. The van der Waals surface area contributed by atoms with Crippen molar-refractivity contribution >= 4 is 23.6 Å². The number of aromatic hydroxyl groups is 1. The first-order valence-electron chi connectivity index (χ1n) is 7.47. The lowest BCUT2D eigenvalue weighted by Crippen LogP contribution is -1.97. The molecule has 132 valence electrons. The molecule has 0 aliphatic rings. The third-order valence-corrected chi connectivity index (χ3v) is 4.37. The SMILES string of the molecule is COc1cc(C(=O)C=Cc2cc(C)c(O)c(C)c2)ccc1SC(F)F. The maximum Gasteiger partial charge on any atom is 0.289 e. The van der Waals surface area contributed by atoms with Gasteiger partial charge in [-0.1, -0.05) is 17.8 Å². The number of methoxy groups -OCH3 is 1. The molecule has 3 nitrogen and oxygen atoms in total. The quantitative estimate of drug-likeness (QED) is 0.433. The summed E-state index contributed by atoms with van der Waals surface area (Å²) in [5, 5.41) is 9.77. The summed E-state index contributed by atoms with van der Waals surface area (Å²) in [7, 11) is 1.37. The minimum Gasteiger partial charge on any atom is -0.507 e. The second-order valence-electron chi connectivity index (χ2n) is 5.45. The Labute approximate surface area is 149 Å². The molecule has 0 aromatic heterocycles. The molecule has 0 amide bonds. The van der Waals surface area contributed by atoms with Crippen LogP contribution in [0.5, 0.6) is 11.5 Å². The van der Waals surface area contributed by atoms with E-state index in [1.54, 1.807) is 32.1 Å². The van der Waals surface area contributed by atoms with Gasteiger partial charge >= 0.3 is 0 Å². The first kappa shape index (κ1) is 19.0. The van der Waals surface area contributed by atoms with Crippen LogP contribution in [-0.2, 0) is 0 Å². The van der Waals surface area contributed by atoms with E-state index in [4.69, 9.17) is 4.74 Å². The van der Waals surface area contributed by atoms with Crippen LogP contribution < -0.4 is 4.74 Å². The third kappa shape index (κ3) is 4.82. The summed E-state index contributed by atoms with van der Waals surface area (Å²) < 4.78 is 30.1. The number of thioether (sulfide) groups is 1. The van der Waals surface area contributed by atoms with Crippen molar-refractivity contribution in [3.05, 3.63) is 58.7 Å². The molecule has 2 aromatic rings. The maximum absolute atomic E-state index is 12.5. The van der Waals surface area contributed by atoms with E-state index in [-0.39, 0.29) is 22.2 Å². The number of rotatable bonds is 6. The van der Waals surface area contributed by atoms with Gasteiger partial charge in [0.15, 0.2) is 5.78 Å². The van der Waals surface area contributed by atoms with Gasteiger partial charge in [0.25, 0.3) is 5.76 Å². The molecule has 6 heteroatoms. The number of carbonyl (C=O) groups is 1. The summed E-state index contributed by atoms with van der Waals surface area (Å²) in [5.74, 6) is -2.35. The van der Waals surface area contributed by atoms with Crippen molar-refractivity contribution in [1.82, 2.24) is 0 Å². The average Bonchev–Trinajstić information content (AvgIpc) is 2.57. The number of allylic oxidation sites excluding steroid dienone is 1. The molecular formula is C19H18F2O3S. The number of hydrogen-bond acceptors (Lipinski definition) is 4. The number of aryl methyl sites for hydroxylation is 2. The van der Waals surface area contributed by atoms with Crippen LogP contribution in [0.3, 0.4) is 0 Å². The number of alkyl halides is 2. The monoisotopic (exact) mass is 364 g/mol. The molecule has 2 rings (SSSR count). The summed E-state index contributed by atoms with van der Waals surface area (Å²) >= 11 is 0.373. The Morgan fingerprint density at radius 1 is 1.20 bits per heavy atom. The Bertz CT molecular complexity index is 793. The highest BCUT2D eigenvalue weighted by molar-refractivity contribution is 7.99. The Balaban J connectivity index is 2.23. The van der Waals surface area contributed by atoms with Gasteiger partial charge in [0.1, 0.15) is 11.5 Å². The maximum atomic E-state index is 12.5. The van der Waals surface area contributed by atoms with E-state index >= 15 is 0 Å². The van der Waals surface area contributed by atoms with E-state index in [0.717, 1.165) is 16.7 Å². The molecule has 25 heavy (non-hydrogen) atoms. The molecule has 0 atom stereocenters. The Morgan fingerprint density at radius 2 is 1.84 bits per heavy atom. The molecule has 0 radical (unpaired) electrons. The zero-order valence-corrected chi connectivity index (χ0v) is 14.9. The number of benzene rings is 2. The molecule has 0 saturated heterocycles. The van der Waals surface area contributed by atoms with Crippen molar-refractivity contribution in [1.29, 1.82) is 0 Å². The van der Waals surface area contributed by atoms with Crippen LogP contribution in [-0.4, -0.2) is 23.8 Å². The molecule has 0 bridgehead atoms. The van der Waals surface area contributed by atoms with Crippen molar-refractivity contribution in [2.24, 2.45) is 0 Å². The lowest BCUT2D eigenvalue weighted by atomic mass is 10.0. The van der Waals surface area contributed by atoms with Gasteiger partial charge in [0.05, 0.1) is 12.0 Å². The minimum atomic E-state index is -2.56. The van der Waals surface area contributed by atoms with E-state index in [1.165, 1.54) is 31.4 Å². The van der Waals surface area contributed by atoms with Crippen molar-refractivity contribution in [2.45, 2.75) is 24.5 Å². The highest BCUT2D eigenvalue weighted by Crippen LogP contribution is 2.34. The summed E-state index contributed by atoms with van der Waals surface area (Å²) in [5.41, 5.74) is 2.58. The lowest BCUT2D eigenvalue weighted by Gasteiger charge is -2.09. The van der Waals surface area contributed by atoms with E-state index < -0.39 is 5.76 Å². The molecule has 0 spiro atoms.